The Kier molecular flexibility index (Phi) is 1.88. The van der Waals surface area contributed by atoms with Crippen LogP contribution >= 0.6 is 22.9 Å². The normalized spacial score (nSPS) is 9.56. The summed E-state index contributed by atoms with van der Waals surface area (Å²) in [7, 11) is 0. The van der Waals surface area contributed by atoms with Crippen molar-refractivity contribution in [2.45, 2.75) is 6.92 Å². The molecule has 1 nitrogen and oxygen atoms in total. The molecule has 0 saturated heterocycles. The van der Waals surface area contributed by atoms with Gasteiger partial charge in [-0.25, -0.2) is 0 Å². The molecule has 1 aromatic rings. The van der Waals surface area contributed by atoms with Gasteiger partial charge in [-0.3, -0.25) is 4.79 Å². The highest BCUT2D eigenvalue weighted by Gasteiger charge is 2.03. The first-order valence-electron chi connectivity index (χ1n) is 2.44. The molecule has 0 amide bonds. The van der Waals surface area contributed by atoms with Crippen molar-refractivity contribution < 1.29 is 4.79 Å². The smallest absolute Gasteiger partial charge is 0.162 e. The summed E-state index contributed by atoms with van der Waals surface area (Å²) < 4.78 is 0. The minimum Gasteiger partial charge on any atom is -0.294 e. The van der Waals surface area contributed by atoms with Gasteiger partial charge in [0, 0.05) is 16.3 Å². The molecular weight excluding hydrogens is 156 g/mol. The van der Waals surface area contributed by atoms with Crippen LogP contribution in [0.1, 0.15) is 17.3 Å². The largest absolute Gasteiger partial charge is 0.294 e. The van der Waals surface area contributed by atoms with E-state index in [2.05, 4.69) is 0 Å². The van der Waals surface area contributed by atoms with Gasteiger partial charge in [0.2, 0.25) is 0 Å². The Morgan fingerprint density at radius 3 is 2.56 bits per heavy atom. The minimum atomic E-state index is 0.0289. The van der Waals surface area contributed by atoms with Crippen molar-refractivity contribution >= 4 is 28.7 Å². The summed E-state index contributed by atoms with van der Waals surface area (Å²) in [5.74, 6) is 0.0289. The molecule has 0 unspecified atom stereocenters. The topological polar surface area (TPSA) is 17.1 Å². The predicted molar refractivity (Wildman–Crippen MR) is 39.3 cm³/mol. The third-order valence-electron chi connectivity index (χ3n) is 0.994. The van der Waals surface area contributed by atoms with Gasteiger partial charge in [-0.2, -0.15) is 11.3 Å². The molecule has 0 atom stereocenters. The summed E-state index contributed by atoms with van der Waals surface area (Å²) in [6, 6.07) is 0. The molecule has 0 aliphatic carbocycles. The van der Waals surface area contributed by atoms with E-state index in [9.17, 15) is 4.79 Å². The lowest BCUT2D eigenvalue weighted by atomic mass is 10.2. The van der Waals surface area contributed by atoms with Crippen LogP contribution in [-0.4, -0.2) is 5.78 Å². The first-order chi connectivity index (χ1) is 4.22. The summed E-state index contributed by atoms with van der Waals surface area (Å²) in [5.41, 5.74) is 0.627. The third-order valence-corrected chi connectivity index (χ3v) is 2.18. The molecule has 48 valence electrons. The Morgan fingerprint density at radius 2 is 2.33 bits per heavy atom. The Morgan fingerprint density at radius 1 is 1.67 bits per heavy atom. The second-order valence-electron chi connectivity index (χ2n) is 1.69. The second kappa shape index (κ2) is 2.50. The number of rotatable bonds is 1. The highest BCUT2D eigenvalue weighted by molar-refractivity contribution is 7.08. The van der Waals surface area contributed by atoms with Crippen molar-refractivity contribution in [1.29, 1.82) is 0 Å². The van der Waals surface area contributed by atoms with Crippen LogP contribution in [-0.2, 0) is 0 Å². The van der Waals surface area contributed by atoms with E-state index in [1.807, 2.05) is 0 Å². The lowest BCUT2D eigenvalue weighted by Gasteiger charge is -1.85. The van der Waals surface area contributed by atoms with Gasteiger partial charge < -0.3 is 0 Å². The fraction of sp³-hybridized carbons (Fsp3) is 0.167. The molecule has 0 aliphatic heterocycles. The molecule has 0 fully saturated rings. The number of carbonyl (C=O) groups is 1. The molecule has 0 spiro atoms. The summed E-state index contributed by atoms with van der Waals surface area (Å²) in [6.45, 7) is 1.51. The van der Waals surface area contributed by atoms with Gasteiger partial charge in [0.25, 0.3) is 0 Å². The molecule has 0 bridgehead atoms. The van der Waals surface area contributed by atoms with Crippen LogP contribution in [0.15, 0.2) is 10.8 Å². The highest BCUT2D eigenvalue weighted by atomic mass is 35.5. The van der Waals surface area contributed by atoms with Gasteiger partial charge in [-0.15, -0.1) is 0 Å². The van der Waals surface area contributed by atoms with E-state index in [4.69, 9.17) is 11.6 Å². The number of thiophene rings is 1. The molecular formula is C6H5ClOS. The lowest BCUT2D eigenvalue weighted by Crippen LogP contribution is -1.87. The van der Waals surface area contributed by atoms with Crippen molar-refractivity contribution in [3.8, 4) is 0 Å². The standard InChI is InChI=1S/C6H5ClOS/c1-4(8)5-2-9-3-6(5)7/h2-3H,1H3. The number of halogens is 1. The Bertz CT molecular complexity index is 229. The number of hydrogen-bond acceptors (Lipinski definition) is 2. The molecule has 9 heavy (non-hydrogen) atoms. The second-order valence-corrected chi connectivity index (χ2v) is 2.84. The maximum absolute atomic E-state index is 10.6. The Hall–Kier alpha value is -0.340. The summed E-state index contributed by atoms with van der Waals surface area (Å²) in [5, 5.41) is 4.07. The molecule has 1 rings (SSSR count). The molecule has 1 aromatic heterocycles. The van der Waals surface area contributed by atoms with Gasteiger partial charge >= 0.3 is 0 Å². The van der Waals surface area contributed by atoms with Crippen LogP contribution < -0.4 is 0 Å². The molecule has 3 heteroatoms. The average Bonchev–Trinajstić information content (AvgIpc) is 2.13. The predicted octanol–water partition coefficient (Wildman–Crippen LogP) is 2.60. The van der Waals surface area contributed by atoms with E-state index in [0.29, 0.717) is 10.6 Å². The Balaban J connectivity index is 3.08. The van der Waals surface area contributed by atoms with Gasteiger partial charge in [-0.05, 0) is 6.92 Å². The zero-order chi connectivity index (χ0) is 6.85. The third kappa shape index (κ3) is 1.32. The van der Waals surface area contributed by atoms with Gasteiger partial charge in [-0.1, -0.05) is 11.6 Å². The maximum Gasteiger partial charge on any atom is 0.162 e. The lowest BCUT2D eigenvalue weighted by molar-refractivity contribution is 0.101. The van der Waals surface area contributed by atoms with Crippen molar-refractivity contribution in [1.82, 2.24) is 0 Å². The van der Waals surface area contributed by atoms with Gasteiger partial charge in [0.1, 0.15) is 0 Å². The van der Waals surface area contributed by atoms with E-state index in [0.717, 1.165) is 0 Å². The van der Waals surface area contributed by atoms with E-state index in [1.165, 1.54) is 18.3 Å². The van der Waals surface area contributed by atoms with Crippen LogP contribution in [0.5, 0.6) is 0 Å². The van der Waals surface area contributed by atoms with Gasteiger partial charge in [0.05, 0.1) is 5.02 Å². The first kappa shape index (κ1) is 6.78. The van der Waals surface area contributed by atoms with Crippen molar-refractivity contribution in [3.05, 3.63) is 21.3 Å². The zero-order valence-corrected chi connectivity index (χ0v) is 6.42. The average molecular weight is 161 g/mol. The van der Waals surface area contributed by atoms with Crippen molar-refractivity contribution in [3.63, 3.8) is 0 Å². The summed E-state index contributed by atoms with van der Waals surface area (Å²) in [4.78, 5) is 10.6. The summed E-state index contributed by atoms with van der Waals surface area (Å²) in [6.07, 6.45) is 0. The number of Topliss-reactive ketones (excluding diaryl/α,β-unsaturated/α-hetero) is 1. The van der Waals surface area contributed by atoms with Crippen molar-refractivity contribution in [2.75, 3.05) is 0 Å². The first-order valence-corrected chi connectivity index (χ1v) is 3.76. The highest BCUT2D eigenvalue weighted by Crippen LogP contribution is 2.20. The fourth-order valence-electron chi connectivity index (χ4n) is 0.533. The molecule has 1 heterocycles. The quantitative estimate of drug-likeness (QED) is 0.578. The van der Waals surface area contributed by atoms with Gasteiger partial charge in [0.15, 0.2) is 5.78 Å². The monoisotopic (exact) mass is 160 g/mol. The minimum absolute atomic E-state index is 0.0289. The van der Waals surface area contributed by atoms with Crippen molar-refractivity contribution in [2.24, 2.45) is 0 Å². The van der Waals surface area contributed by atoms with Crippen LogP contribution in [0.3, 0.4) is 0 Å². The molecule has 0 aliphatic rings. The van der Waals surface area contributed by atoms with Crippen LogP contribution in [0.25, 0.3) is 0 Å². The molecule has 0 aromatic carbocycles. The van der Waals surface area contributed by atoms with Crippen LogP contribution in [0, 0.1) is 0 Å². The molecule has 0 radical (unpaired) electrons. The van der Waals surface area contributed by atoms with Crippen LogP contribution in [0.2, 0.25) is 5.02 Å². The molecule has 0 saturated carbocycles. The zero-order valence-electron chi connectivity index (χ0n) is 4.85. The SMILES string of the molecule is CC(=O)c1cscc1Cl. The number of hydrogen-bond donors (Lipinski definition) is 0. The van der Waals surface area contributed by atoms with E-state index >= 15 is 0 Å². The van der Waals surface area contributed by atoms with E-state index in [-0.39, 0.29) is 5.78 Å². The molecule has 0 N–H and O–H groups in total. The van der Waals surface area contributed by atoms with E-state index in [1.54, 1.807) is 10.8 Å². The Labute approximate surface area is 62.3 Å². The fourth-order valence-corrected chi connectivity index (χ4v) is 1.68. The summed E-state index contributed by atoms with van der Waals surface area (Å²) >= 11 is 7.07. The van der Waals surface area contributed by atoms with E-state index < -0.39 is 0 Å². The maximum atomic E-state index is 10.6. The number of carbonyl (C=O) groups excluding carboxylic acids is 1. The van der Waals surface area contributed by atoms with Crippen LogP contribution in [0.4, 0.5) is 0 Å². The number of ketones is 1.